The fraction of sp³-hybridized carbons (Fsp3) is 0.300. The number of carbonyl (C=O) groups is 2. The number of carbonyl (C=O) groups excluding carboxylic acids is 2. The van der Waals surface area contributed by atoms with E-state index in [9.17, 15) is 23.6 Å². The fourth-order valence-electron chi connectivity index (χ4n) is 5.92. The first kappa shape index (κ1) is 39.4. The molecule has 5 aromatic rings. The molecule has 0 unspecified atom stereocenters. The number of pyridine rings is 1. The predicted molar refractivity (Wildman–Crippen MR) is 207 cm³/mol. The topological polar surface area (TPSA) is 164 Å². The zero-order chi connectivity index (χ0) is 40.1. The van der Waals surface area contributed by atoms with Crippen molar-refractivity contribution in [1.29, 1.82) is 0 Å². The number of hydrogen-bond donors (Lipinski definition) is 2. The maximum absolute atomic E-state index is 15.5. The number of rotatable bonds is 8. The summed E-state index contributed by atoms with van der Waals surface area (Å²) in [6.07, 6.45) is 4.25. The molecule has 0 radical (unpaired) electrons. The Labute approximate surface area is 324 Å². The molecule has 0 saturated carbocycles. The van der Waals surface area contributed by atoms with E-state index in [0.29, 0.717) is 25.2 Å². The average molecular weight is 784 g/mol. The summed E-state index contributed by atoms with van der Waals surface area (Å²) in [5.41, 5.74) is 4.27. The van der Waals surface area contributed by atoms with Gasteiger partial charge in [-0.3, -0.25) is 14.2 Å². The van der Waals surface area contributed by atoms with Gasteiger partial charge in [0.25, 0.3) is 11.5 Å². The Bertz CT molecular complexity index is 2450. The summed E-state index contributed by atoms with van der Waals surface area (Å²) >= 11 is 1.37. The molecule has 4 heterocycles. The van der Waals surface area contributed by atoms with Crippen LogP contribution in [0.4, 0.5) is 25.1 Å². The van der Waals surface area contributed by atoms with Gasteiger partial charge < -0.3 is 25.4 Å². The quantitative estimate of drug-likeness (QED) is 0.167. The van der Waals surface area contributed by atoms with Crippen molar-refractivity contribution in [3.05, 3.63) is 121 Å². The maximum Gasteiger partial charge on any atom is 0.410 e. The normalized spacial score (nSPS) is 13.1. The van der Waals surface area contributed by atoms with Crippen LogP contribution in [0.5, 0.6) is 11.5 Å². The van der Waals surface area contributed by atoms with Crippen molar-refractivity contribution in [2.75, 3.05) is 24.1 Å². The minimum absolute atomic E-state index is 0.00701. The molecule has 1 saturated heterocycles. The molecule has 2 aromatic carbocycles. The number of nitrogens with zero attached hydrogens (tertiary/aromatic N) is 5. The lowest BCUT2D eigenvalue weighted by atomic mass is 9.94. The van der Waals surface area contributed by atoms with Gasteiger partial charge in [-0.1, -0.05) is 11.8 Å². The van der Waals surface area contributed by atoms with Crippen LogP contribution in [0.3, 0.4) is 0 Å². The second-order valence-electron chi connectivity index (χ2n) is 14.1. The number of halogens is 2. The van der Waals surface area contributed by atoms with E-state index in [4.69, 9.17) is 15.2 Å². The maximum atomic E-state index is 15.5. The highest BCUT2D eigenvalue weighted by atomic mass is 32.1. The number of likely N-dealkylation sites (tertiary alicyclic amines) is 1. The van der Waals surface area contributed by atoms with Gasteiger partial charge in [-0.25, -0.2) is 32.9 Å². The van der Waals surface area contributed by atoms with Crippen LogP contribution in [0.15, 0.2) is 75.9 Å². The Balaban J connectivity index is 1.17. The molecule has 0 aliphatic carbocycles. The van der Waals surface area contributed by atoms with Gasteiger partial charge in [0.1, 0.15) is 34.1 Å². The largest absolute Gasteiger partial charge is 0.453 e. The number of anilines is 2. The van der Waals surface area contributed by atoms with Crippen molar-refractivity contribution in [1.82, 2.24) is 24.0 Å². The molecule has 3 aromatic heterocycles. The summed E-state index contributed by atoms with van der Waals surface area (Å²) < 4.78 is 42.5. The molecule has 290 valence electrons. The standard InChI is InChI=1S/C40H39F2N7O6S/c1-24-45-28(23-56-24)21-48-22-31(37(51)49(38(48)52)29-11-8-26(41)9-12-29)36(50)46-27-10-13-34(32(42)20-27)54-33-14-17-44-35(43)30(33)7-5-6-25-15-18-47(19-16-25)39(53)55-40(2,3)4/h8-14,17,20,22-23,25H,6,15-16,18-19,21H2,1-4H3,(H2,43,44)(H,46,50). The number of piperidine rings is 1. The van der Waals surface area contributed by atoms with Gasteiger partial charge in [-0.05, 0) is 82.9 Å². The number of aromatic nitrogens is 4. The Kier molecular flexibility index (Phi) is 11.6. The number of hydrogen-bond acceptors (Lipinski definition) is 10. The summed E-state index contributed by atoms with van der Waals surface area (Å²) in [4.78, 5) is 63.2. The van der Waals surface area contributed by atoms with E-state index in [2.05, 4.69) is 27.1 Å². The second kappa shape index (κ2) is 16.6. The second-order valence-corrected chi connectivity index (χ2v) is 15.2. The van der Waals surface area contributed by atoms with Crippen molar-refractivity contribution in [3.8, 4) is 29.0 Å². The van der Waals surface area contributed by atoms with Gasteiger partial charge in [0.2, 0.25) is 0 Å². The van der Waals surface area contributed by atoms with Crippen molar-refractivity contribution in [2.45, 2.75) is 59.1 Å². The van der Waals surface area contributed by atoms with Crippen molar-refractivity contribution in [3.63, 3.8) is 0 Å². The van der Waals surface area contributed by atoms with Crippen molar-refractivity contribution in [2.24, 2.45) is 5.92 Å². The molecule has 0 spiro atoms. The van der Waals surface area contributed by atoms with Gasteiger partial charge >= 0.3 is 11.8 Å². The van der Waals surface area contributed by atoms with E-state index in [1.54, 1.807) is 17.2 Å². The van der Waals surface area contributed by atoms with Crippen LogP contribution in [0.25, 0.3) is 5.69 Å². The summed E-state index contributed by atoms with van der Waals surface area (Å²) in [5.74, 6) is 4.11. The van der Waals surface area contributed by atoms with E-state index in [-0.39, 0.29) is 52.8 Å². The highest BCUT2D eigenvalue weighted by Gasteiger charge is 2.27. The van der Waals surface area contributed by atoms with Crippen molar-refractivity contribution >= 4 is 34.8 Å². The van der Waals surface area contributed by atoms with Gasteiger partial charge in [0.05, 0.1) is 22.9 Å². The summed E-state index contributed by atoms with van der Waals surface area (Å²) in [5, 5.41) is 5.02. The highest BCUT2D eigenvalue weighted by molar-refractivity contribution is 7.09. The van der Waals surface area contributed by atoms with Crippen molar-refractivity contribution < 1.29 is 27.8 Å². The van der Waals surface area contributed by atoms with E-state index in [1.165, 1.54) is 47.9 Å². The average Bonchev–Trinajstić information content (AvgIpc) is 3.56. The Morgan fingerprint density at radius 3 is 2.45 bits per heavy atom. The molecule has 3 N–H and O–H groups in total. The molecule has 0 bridgehead atoms. The molecule has 56 heavy (non-hydrogen) atoms. The minimum Gasteiger partial charge on any atom is -0.453 e. The molecular weight excluding hydrogens is 745 g/mol. The van der Waals surface area contributed by atoms with Gasteiger partial charge in [0.15, 0.2) is 11.6 Å². The third-order valence-corrected chi connectivity index (χ3v) is 9.53. The van der Waals surface area contributed by atoms with Crippen LogP contribution in [0.1, 0.15) is 66.7 Å². The zero-order valence-electron chi connectivity index (χ0n) is 31.1. The lowest BCUT2D eigenvalue weighted by molar-refractivity contribution is 0.0185. The lowest BCUT2D eigenvalue weighted by Crippen LogP contribution is -2.42. The van der Waals surface area contributed by atoms with Crippen LogP contribution in [0.2, 0.25) is 0 Å². The van der Waals surface area contributed by atoms with E-state index in [1.807, 2.05) is 20.8 Å². The molecule has 2 amide bonds. The minimum atomic E-state index is -0.958. The van der Waals surface area contributed by atoms with Crippen LogP contribution in [0, 0.1) is 36.3 Å². The molecule has 6 rings (SSSR count). The van der Waals surface area contributed by atoms with Gasteiger partial charge in [-0.15, -0.1) is 11.3 Å². The number of amides is 2. The number of ether oxygens (including phenoxy) is 2. The number of aryl methyl sites for hydroxylation is 1. The van der Waals surface area contributed by atoms with Crippen LogP contribution < -0.4 is 27.0 Å². The number of nitrogens with two attached hydrogens (primary N) is 1. The van der Waals surface area contributed by atoms with Crippen LogP contribution in [-0.4, -0.2) is 54.7 Å². The van der Waals surface area contributed by atoms with Gasteiger partial charge in [0, 0.05) is 55.1 Å². The number of thiazole rings is 1. The fourth-order valence-corrected chi connectivity index (χ4v) is 6.53. The number of nitrogens with one attached hydrogen (secondary N) is 1. The zero-order valence-corrected chi connectivity index (χ0v) is 31.9. The molecule has 1 fully saturated rings. The van der Waals surface area contributed by atoms with E-state index in [0.717, 1.165) is 51.4 Å². The van der Waals surface area contributed by atoms with Crippen LogP contribution in [-0.2, 0) is 11.3 Å². The first-order valence-electron chi connectivity index (χ1n) is 17.7. The molecule has 0 atom stereocenters. The number of benzene rings is 2. The third-order valence-electron chi connectivity index (χ3n) is 8.71. The summed E-state index contributed by atoms with van der Waals surface area (Å²) in [6, 6.07) is 9.86. The SMILES string of the molecule is Cc1nc(Cn2cc(C(=O)Nc3ccc(Oc4ccnc(N)c4C#CCC4CCN(C(=O)OC(C)(C)C)CC4)c(F)c3)c(=O)n(-c3ccc(F)cc3)c2=O)cs1. The Morgan fingerprint density at radius 2 is 1.79 bits per heavy atom. The number of nitrogen functional groups attached to an aromatic ring is 1. The molecule has 13 nitrogen and oxygen atoms in total. The first-order chi connectivity index (χ1) is 26.6. The van der Waals surface area contributed by atoms with E-state index < -0.39 is 40.0 Å². The third kappa shape index (κ3) is 9.47. The smallest absolute Gasteiger partial charge is 0.410 e. The first-order valence-corrected chi connectivity index (χ1v) is 18.6. The Hall–Kier alpha value is -6.34. The molecular formula is C40H39F2N7O6S. The molecule has 16 heteroatoms. The monoisotopic (exact) mass is 783 g/mol. The summed E-state index contributed by atoms with van der Waals surface area (Å²) in [7, 11) is 0. The van der Waals surface area contributed by atoms with Gasteiger partial charge in [-0.2, -0.15) is 0 Å². The lowest BCUT2D eigenvalue weighted by Gasteiger charge is -2.32. The van der Waals surface area contributed by atoms with E-state index >= 15 is 4.39 Å². The predicted octanol–water partition coefficient (Wildman–Crippen LogP) is 6.50. The highest BCUT2D eigenvalue weighted by Crippen LogP contribution is 2.31. The van der Waals surface area contributed by atoms with Crippen LogP contribution >= 0.6 is 11.3 Å². The Morgan fingerprint density at radius 1 is 1.05 bits per heavy atom. The molecule has 1 aliphatic heterocycles. The molecule has 1 aliphatic rings. The summed E-state index contributed by atoms with van der Waals surface area (Å²) in [6.45, 7) is 8.37.